The molecule has 0 aliphatic carbocycles. The number of H-pyrrole nitrogens is 1. The molecule has 2 aromatic heterocycles. The molecular formula is C28H32F3N5O2. The summed E-state index contributed by atoms with van der Waals surface area (Å²) >= 11 is 0. The maximum Gasteiger partial charge on any atom is 0.246 e. The molecule has 5 rings (SSSR count). The zero-order valence-corrected chi connectivity index (χ0v) is 21.0. The quantitative estimate of drug-likeness (QED) is 0.332. The van der Waals surface area contributed by atoms with Crippen LogP contribution in [0.5, 0.6) is 0 Å². The van der Waals surface area contributed by atoms with E-state index in [0.717, 1.165) is 61.9 Å². The van der Waals surface area contributed by atoms with E-state index in [4.69, 9.17) is 5.73 Å². The summed E-state index contributed by atoms with van der Waals surface area (Å²) in [4.78, 5) is 24.5. The topological polar surface area (TPSA) is 98.5 Å². The summed E-state index contributed by atoms with van der Waals surface area (Å²) in [6.07, 6.45) is 8.03. The van der Waals surface area contributed by atoms with Gasteiger partial charge >= 0.3 is 0 Å². The molecule has 2 saturated heterocycles. The Balaban J connectivity index is 1.14. The van der Waals surface area contributed by atoms with Crippen LogP contribution in [0.4, 0.5) is 19.0 Å². The largest absolute Gasteiger partial charge is 0.395 e. The number of hydrogen-bond donors (Lipinski definition) is 3. The molecule has 0 saturated carbocycles. The van der Waals surface area contributed by atoms with Gasteiger partial charge in [0.15, 0.2) is 17.5 Å². The number of benzene rings is 1. The molecule has 38 heavy (non-hydrogen) atoms. The minimum atomic E-state index is -1.53. The van der Waals surface area contributed by atoms with Gasteiger partial charge in [-0.25, -0.2) is 18.2 Å². The number of nitrogens with two attached hydrogens (primary N) is 1. The Hall–Kier alpha value is -3.37. The number of likely N-dealkylation sites (tertiary alicyclic amines) is 2. The molecule has 0 spiro atoms. The lowest BCUT2D eigenvalue weighted by molar-refractivity contribution is -0.127. The molecule has 1 unspecified atom stereocenters. The van der Waals surface area contributed by atoms with E-state index in [-0.39, 0.29) is 30.0 Å². The van der Waals surface area contributed by atoms with E-state index in [0.29, 0.717) is 24.8 Å². The molecule has 0 bridgehead atoms. The molecule has 4 heterocycles. The molecule has 2 aliphatic heterocycles. The molecular weight excluding hydrogens is 495 g/mol. The first-order valence-corrected chi connectivity index (χ1v) is 13.0. The molecule has 10 heteroatoms. The van der Waals surface area contributed by atoms with Crippen molar-refractivity contribution >= 4 is 28.8 Å². The summed E-state index contributed by atoms with van der Waals surface area (Å²) in [5.74, 6) is -3.22. The number of fused-ring (bicyclic) bond motifs is 1. The Morgan fingerprint density at radius 1 is 1.11 bits per heavy atom. The van der Waals surface area contributed by atoms with Gasteiger partial charge in [0.25, 0.3) is 0 Å². The number of aromatic nitrogens is 2. The van der Waals surface area contributed by atoms with Crippen molar-refractivity contribution in [3.63, 3.8) is 0 Å². The number of aliphatic hydroxyl groups is 1. The molecule has 4 N–H and O–H groups in total. The molecule has 0 radical (unpaired) electrons. The zero-order valence-electron chi connectivity index (χ0n) is 21.0. The standard InChI is InChI=1S/C28H32F3N5O2/c29-21-13-17(14-22(30)27(21)31)1-4-26(38)36-11-7-19(8-12-36)24(16-37)35-9-5-18(6-10-35)20-15-33-23-2-3-25(32)34-28(20)23/h1-4,13-15,18-19,24,33,37H,5-12,16H2,(H2,32,34). The summed E-state index contributed by atoms with van der Waals surface area (Å²) in [5.41, 5.74) is 9.10. The number of rotatable bonds is 6. The van der Waals surface area contributed by atoms with E-state index < -0.39 is 17.5 Å². The third kappa shape index (κ3) is 5.42. The van der Waals surface area contributed by atoms with Crippen LogP contribution in [0.1, 0.15) is 42.7 Å². The van der Waals surface area contributed by atoms with Gasteiger partial charge in [-0.15, -0.1) is 0 Å². The van der Waals surface area contributed by atoms with Crippen molar-refractivity contribution < 1.29 is 23.1 Å². The zero-order chi connectivity index (χ0) is 26.8. The fraction of sp³-hybridized carbons (Fsp3) is 0.429. The third-order valence-electron chi connectivity index (χ3n) is 8.02. The van der Waals surface area contributed by atoms with E-state index in [1.165, 1.54) is 17.7 Å². The van der Waals surface area contributed by atoms with E-state index in [1.54, 1.807) is 11.0 Å². The number of aliphatic hydroxyl groups excluding tert-OH is 1. The second kappa shape index (κ2) is 11.2. The van der Waals surface area contributed by atoms with Crippen LogP contribution in [-0.2, 0) is 4.79 Å². The highest BCUT2D eigenvalue weighted by atomic mass is 19.2. The first-order valence-electron chi connectivity index (χ1n) is 13.0. The summed E-state index contributed by atoms with van der Waals surface area (Å²) in [7, 11) is 0. The fourth-order valence-corrected chi connectivity index (χ4v) is 5.90. The van der Waals surface area contributed by atoms with Crippen molar-refractivity contribution in [2.45, 2.75) is 37.6 Å². The van der Waals surface area contributed by atoms with E-state index >= 15 is 0 Å². The van der Waals surface area contributed by atoms with Gasteiger partial charge in [-0.2, -0.15) is 0 Å². The van der Waals surface area contributed by atoms with Crippen LogP contribution < -0.4 is 5.73 Å². The smallest absolute Gasteiger partial charge is 0.246 e. The predicted octanol–water partition coefficient (Wildman–Crippen LogP) is 4.05. The van der Waals surface area contributed by atoms with Crippen molar-refractivity contribution in [1.82, 2.24) is 19.8 Å². The number of carbonyl (C=O) groups is 1. The highest BCUT2D eigenvalue weighted by Crippen LogP contribution is 2.35. The Bertz CT molecular complexity index is 1300. The summed E-state index contributed by atoms with van der Waals surface area (Å²) in [6.45, 7) is 2.88. The molecule has 202 valence electrons. The third-order valence-corrected chi connectivity index (χ3v) is 8.02. The molecule has 7 nitrogen and oxygen atoms in total. The van der Waals surface area contributed by atoms with E-state index in [9.17, 15) is 23.1 Å². The van der Waals surface area contributed by atoms with Crippen molar-refractivity contribution in [2.75, 3.05) is 38.5 Å². The number of piperidine rings is 2. The Labute approximate surface area is 219 Å². The van der Waals surface area contributed by atoms with Crippen molar-refractivity contribution in [3.05, 3.63) is 65.1 Å². The van der Waals surface area contributed by atoms with Gasteiger partial charge in [-0.1, -0.05) is 0 Å². The fourth-order valence-electron chi connectivity index (χ4n) is 5.90. The van der Waals surface area contributed by atoms with Crippen LogP contribution in [0.2, 0.25) is 0 Å². The molecule has 2 aliphatic rings. The number of carbonyl (C=O) groups excluding carboxylic acids is 1. The number of aromatic amines is 1. The van der Waals surface area contributed by atoms with Gasteiger partial charge in [0.1, 0.15) is 5.82 Å². The summed E-state index contributed by atoms with van der Waals surface area (Å²) < 4.78 is 40.0. The minimum Gasteiger partial charge on any atom is -0.395 e. The summed E-state index contributed by atoms with van der Waals surface area (Å²) in [6, 6.07) is 5.49. The monoisotopic (exact) mass is 527 g/mol. The lowest BCUT2D eigenvalue weighted by Crippen LogP contribution is -2.50. The second-order valence-electron chi connectivity index (χ2n) is 10.2. The average Bonchev–Trinajstić information content (AvgIpc) is 3.34. The van der Waals surface area contributed by atoms with Crippen LogP contribution in [0.25, 0.3) is 17.1 Å². The molecule has 1 amide bonds. The van der Waals surface area contributed by atoms with Gasteiger partial charge in [0.2, 0.25) is 5.91 Å². The normalized spacial score (nSPS) is 19.0. The van der Waals surface area contributed by atoms with Gasteiger partial charge in [-0.3, -0.25) is 9.69 Å². The molecule has 3 aromatic rings. The minimum absolute atomic E-state index is 0.0330. The summed E-state index contributed by atoms with van der Waals surface area (Å²) in [5, 5.41) is 10.3. The van der Waals surface area contributed by atoms with Gasteiger partial charge in [0, 0.05) is 31.4 Å². The second-order valence-corrected chi connectivity index (χ2v) is 10.2. The van der Waals surface area contributed by atoms with Crippen LogP contribution in [0, 0.1) is 23.4 Å². The number of nitrogens with zero attached hydrogens (tertiary/aromatic N) is 3. The van der Waals surface area contributed by atoms with E-state index in [1.807, 2.05) is 12.3 Å². The molecule has 1 atom stereocenters. The number of hydrogen-bond acceptors (Lipinski definition) is 5. The first kappa shape index (κ1) is 26.2. The van der Waals surface area contributed by atoms with Crippen LogP contribution in [-0.4, -0.2) is 69.6 Å². The maximum absolute atomic E-state index is 13.4. The lowest BCUT2D eigenvalue weighted by Gasteiger charge is -2.43. The average molecular weight is 528 g/mol. The van der Waals surface area contributed by atoms with Gasteiger partial charge in [-0.05, 0) is 92.1 Å². The van der Waals surface area contributed by atoms with Crippen LogP contribution >= 0.6 is 0 Å². The number of nitrogen functional groups attached to an aromatic ring is 1. The Morgan fingerprint density at radius 2 is 1.79 bits per heavy atom. The molecule has 2 fully saturated rings. The van der Waals surface area contributed by atoms with Crippen LogP contribution in [0.3, 0.4) is 0 Å². The van der Waals surface area contributed by atoms with Gasteiger partial charge < -0.3 is 20.7 Å². The lowest BCUT2D eigenvalue weighted by atomic mass is 9.85. The first-order chi connectivity index (χ1) is 18.3. The number of amides is 1. The Morgan fingerprint density at radius 3 is 2.45 bits per heavy atom. The van der Waals surface area contributed by atoms with Gasteiger partial charge in [0.05, 0.1) is 17.6 Å². The number of pyridine rings is 1. The highest BCUT2D eigenvalue weighted by Gasteiger charge is 2.34. The predicted molar refractivity (Wildman–Crippen MR) is 140 cm³/mol. The highest BCUT2D eigenvalue weighted by molar-refractivity contribution is 5.91. The Kier molecular flexibility index (Phi) is 7.71. The molecule has 1 aromatic carbocycles. The number of anilines is 1. The van der Waals surface area contributed by atoms with Crippen molar-refractivity contribution in [1.29, 1.82) is 0 Å². The van der Waals surface area contributed by atoms with E-state index in [2.05, 4.69) is 14.9 Å². The van der Waals surface area contributed by atoms with Crippen molar-refractivity contribution in [3.8, 4) is 0 Å². The van der Waals surface area contributed by atoms with Crippen LogP contribution in [0.15, 0.2) is 36.5 Å². The van der Waals surface area contributed by atoms with Crippen molar-refractivity contribution in [2.24, 2.45) is 5.92 Å². The maximum atomic E-state index is 13.4. The number of nitrogens with one attached hydrogen (secondary N) is 1. The number of halogens is 3. The SMILES string of the molecule is Nc1ccc2[nH]cc(C3CCN(C(CO)C4CCN(C(=O)C=Cc5cc(F)c(F)c(F)c5)CC4)CC3)c2n1.